The van der Waals surface area contributed by atoms with E-state index in [0.29, 0.717) is 18.7 Å². The molecule has 5 rings (SSSR count). The van der Waals surface area contributed by atoms with Gasteiger partial charge in [0, 0.05) is 28.3 Å². The summed E-state index contributed by atoms with van der Waals surface area (Å²) < 4.78 is 7.35. The third-order valence-corrected chi connectivity index (χ3v) is 6.23. The number of fused-ring (bicyclic) bond motifs is 2. The largest absolute Gasteiger partial charge is 0.495 e. The second kappa shape index (κ2) is 7.05. The van der Waals surface area contributed by atoms with E-state index in [1.54, 1.807) is 7.11 Å². The van der Waals surface area contributed by atoms with Crippen LogP contribution < -0.4 is 10.5 Å². The lowest BCUT2D eigenvalue weighted by Crippen LogP contribution is -2.21. The van der Waals surface area contributed by atoms with Crippen LogP contribution >= 0.6 is 0 Å². The summed E-state index contributed by atoms with van der Waals surface area (Å²) in [7, 11) is 1.65. The van der Waals surface area contributed by atoms with Crippen molar-refractivity contribution in [3.05, 3.63) is 42.4 Å². The number of hydrogen-bond acceptors (Lipinski definition) is 5. The molecule has 8 nitrogen and oxygen atoms in total. The van der Waals surface area contributed by atoms with Crippen LogP contribution in [0.1, 0.15) is 37.3 Å². The molecule has 3 heterocycles. The summed E-state index contributed by atoms with van der Waals surface area (Å²) >= 11 is 0. The lowest BCUT2D eigenvalue weighted by Gasteiger charge is -2.25. The summed E-state index contributed by atoms with van der Waals surface area (Å²) in [4.78, 5) is 19.0. The highest BCUT2D eigenvalue weighted by Crippen LogP contribution is 2.41. The van der Waals surface area contributed by atoms with Gasteiger partial charge in [-0.1, -0.05) is 12.1 Å². The second-order valence-corrected chi connectivity index (χ2v) is 7.88. The first-order valence-corrected chi connectivity index (χ1v) is 10.1. The summed E-state index contributed by atoms with van der Waals surface area (Å²) in [5.41, 5.74) is 10.8. The molecular formula is C22H23N5O3. The van der Waals surface area contributed by atoms with Gasteiger partial charge in [-0.05, 0) is 43.9 Å². The maximum Gasteiger partial charge on any atom is 0.306 e. The first kappa shape index (κ1) is 18.5. The number of nitrogens with zero attached hydrogens (tertiary/aromatic N) is 3. The highest BCUT2D eigenvalue weighted by atomic mass is 16.5. The van der Waals surface area contributed by atoms with Gasteiger partial charge in [0.2, 0.25) is 0 Å². The summed E-state index contributed by atoms with van der Waals surface area (Å²) in [6.07, 6.45) is 4.44. The van der Waals surface area contributed by atoms with Crippen molar-refractivity contribution in [2.24, 2.45) is 5.92 Å². The van der Waals surface area contributed by atoms with Crippen molar-refractivity contribution in [2.45, 2.75) is 31.6 Å². The normalized spacial score (nSPS) is 19.4. The molecule has 1 aliphatic rings. The molecule has 1 aliphatic carbocycles. The zero-order valence-electron chi connectivity index (χ0n) is 16.6. The number of benzene rings is 1. The summed E-state index contributed by atoms with van der Waals surface area (Å²) in [6.45, 7) is 0. The highest BCUT2D eigenvalue weighted by molar-refractivity contribution is 5.95. The number of aromatic nitrogens is 4. The second-order valence-electron chi connectivity index (χ2n) is 7.88. The number of carbonyl (C=O) groups is 1. The number of aromatic amines is 1. The Morgan fingerprint density at radius 3 is 2.80 bits per heavy atom. The number of rotatable bonds is 4. The SMILES string of the molecule is COc1cccc2cc(-c3cc(C4CCC(C(=O)O)CC4)n4ncnc(N)c34)[nH]c12. The average molecular weight is 405 g/mol. The van der Waals surface area contributed by atoms with Gasteiger partial charge in [-0.2, -0.15) is 5.10 Å². The standard InChI is InChI=1S/C22H23N5O3/c1-30-18-4-2-3-14-9-16(26-19(14)18)15-10-17(27-20(15)21(23)24-11-25-27)12-5-7-13(8-6-12)22(28)29/h2-4,9-13,26H,5-8H2,1H3,(H,28,29)(H2,23,24,25). The van der Waals surface area contributed by atoms with E-state index in [4.69, 9.17) is 10.5 Å². The molecule has 154 valence electrons. The molecule has 0 unspecified atom stereocenters. The Labute approximate surface area is 172 Å². The number of nitrogen functional groups attached to an aromatic ring is 1. The number of anilines is 1. The Hall–Kier alpha value is -3.55. The number of aliphatic carboxylic acids is 1. The van der Waals surface area contributed by atoms with Crippen LogP contribution in [0.25, 0.3) is 27.7 Å². The van der Waals surface area contributed by atoms with Gasteiger partial charge in [0.05, 0.1) is 18.5 Å². The monoisotopic (exact) mass is 405 g/mol. The highest BCUT2D eigenvalue weighted by Gasteiger charge is 2.30. The number of para-hydroxylation sites is 1. The lowest BCUT2D eigenvalue weighted by molar-refractivity contribution is -0.142. The molecule has 1 aromatic carbocycles. The van der Waals surface area contributed by atoms with E-state index in [9.17, 15) is 9.90 Å². The van der Waals surface area contributed by atoms with Gasteiger partial charge in [0.1, 0.15) is 17.6 Å². The van der Waals surface area contributed by atoms with Crippen molar-refractivity contribution in [3.8, 4) is 17.0 Å². The number of carboxylic acid groups (broad SMARTS) is 1. The molecule has 1 saturated carbocycles. The predicted molar refractivity (Wildman–Crippen MR) is 114 cm³/mol. The number of methoxy groups -OCH3 is 1. The maximum atomic E-state index is 11.3. The lowest BCUT2D eigenvalue weighted by atomic mass is 9.80. The van der Waals surface area contributed by atoms with Crippen LogP contribution in [0.5, 0.6) is 5.75 Å². The van der Waals surface area contributed by atoms with E-state index < -0.39 is 5.97 Å². The molecule has 0 saturated heterocycles. The molecule has 4 N–H and O–H groups in total. The molecule has 3 aromatic heterocycles. The number of nitrogens with two attached hydrogens (primary N) is 1. The Bertz CT molecular complexity index is 1250. The summed E-state index contributed by atoms with van der Waals surface area (Å²) in [5, 5.41) is 14.8. The minimum absolute atomic E-state index is 0.232. The van der Waals surface area contributed by atoms with Gasteiger partial charge in [0.15, 0.2) is 5.82 Å². The van der Waals surface area contributed by atoms with Crippen LogP contribution in [0, 0.1) is 5.92 Å². The van der Waals surface area contributed by atoms with Crippen molar-refractivity contribution >= 4 is 28.2 Å². The quantitative estimate of drug-likeness (QED) is 0.475. The Morgan fingerprint density at radius 2 is 2.07 bits per heavy atom. The van der Waals surface area contributed by atoms with Crippen molar-refractivity contribution in [3.63, 3.8) is 0 Å². The van der Waals surface area contributed by atoms with E-state index in [1.165, 1.54) is 6.33 Å². The van der Waals surface area contributed by atoms with Crippen LogP contribution in [-0.4, -0.2) is 37.8 Å². The van der Waals surface area contributed by atoms with Crippen LogP contribution in [0.3, 0.4) is 0 Å². The van der Waals surface area contributed by atoms with Gasteiger partial charge in [-0.15, -0.1) is 0 Å². The fourth-order valence-electron chi connectivity index (χ4n) is 4.67. The van der Waals surface area contributed by atoms with E-state index in [-0.39, 0.29) is 11.8 Å². The molecule has 30 heavy (non-hydrogen) atoms. The third kappa shape index (κ3) is 2.87. The molecule has 4 aromatic rings. The number of ether oxygens (including phenoxy) is 1. The zero-order chi connectivity index (χ0) is 20.8. The van der Waals surface area contributed by atoms with Crippen molar-refractivity contribution in [2.75, 3.05) is 12.8 Å². The number of carboxylic acids is 1. The summed E-state index contributed by atoms with van der Waals surface area (Å²) in [6, 6.07) is 10.1. The van der Waals surface area contributed by atoms with Crippen LogP contribution in [-0.2, 0) is 4.79 Å². The maximum absolute atomic E-state index is 11.3. The molecule has 0 spiro atoms. The van der Waals surface area contributed by atoms with E-state index in [2.05, 4.69) is 27.2 Å². The van der Waals surface area contributed by atoms with Gasteiger partial charge in [0.25, 0.3) is 0 Å². The molecule has 0 amide bonds. The first-order chi connectivity index (χ1) is 14.6. The van der Waals surface area contributed by atoms with Crippen LogP contribution in [0.2, 0.25) is 0 Å². The van der Waals surface area contributed by atoms with Crippen molar-refractivity contribution in [1.29, 1.82) is 0 Å². The average Bonchev–Trinajstić information content (AvgIpc) is 3.36. The zero-order valence-corrected chi connectivity index (χ0v) is 16.6. The summed E-state index contributed by atoms with van der Waals surface area (Å²) in [5.74, 6) is 0.463. The fraction of sp³-hybridized carbons (Fsp3) is 0.318. The predicted octanol–water partition coefficient (Wildman–Crippen LogP) is 3.83. The topological polar surface area (TPSA) is 119 Å². The molecule has 0 atom stereocenters. The molecule has 0 radical (unpaired) electrons. The van der Waals surface area contributed by atoms with Crippen LogP contribution in [0.15, 0.2) is 36.7 Å². The Balaban J connectivity index is 1.63. The number of H-pyrrole nitrogens is 1. The van der Waals surface area contributed by atoms with E-state index >= 15 is 0 Å². The van der Waals surface area contributed by atoms with Crippen molar-refractivity contribution in [1.82, 2.24) is 19.6 Å². The molecule has 8 heteroatoms. The van der Waals surface area contributed by atoms with Gasteiger partial charge in [-0.25, -0.2) is 9.50 Å². The number of hydrogen-bond donors (Lipinski definition) is 3. The third-order valence-electron chi connectivity index (χ3n) is 6.23. The number of nitrogens with one attached hydrogen (secondary N) is 1. The smallest absolute Gasteiger partial charge is 0.306 e. The van der Waals surface area contributed by atoms with E-state index in [1.807, 2.05) is 22.7 Å². The minimum Gasteiger partial charge on any atom is -0.495 e. The molecule has 0 aliphatic heterocycles. The molecule has 1 fully saturated rings. The Morgan fingerprint density at radius 1 is 1.27 bits per heavy atom. The minimum atomic E-state index is -0.701. The Kier molecular flexibility index (Phi) is 4.34. The molecule has 0 bridgehead atoms. The first-order valence-electron chi connectivity index (χ1n) is 10.1. The van der Waals surface area contributed by atoms with Gasteiger partial charge in [-0.3, -0.25) is 4.79 Å². The fourth-order valence-corrected chi connectivity index (χ4v) is 4.67. The van der Waals surface area contributed by atoms with Gasteiger partial charge < -0.3 is 20.6 Å². The van der Waals surface area contributed by atoms with E-state index in [0.717, 1.165) is 52.0 Å². The van der Waals surface area contributed by atoms with Gasteiger partial charge >= 0.3 is 5.97 Å². The molecular weight excluding hydrogens is 382 g/mol. The van der Waals surface area contributed by atoms with Crippen LogP contribution in [0.4, 0.5) is 5.82 Å². The van der Waals surface area contributed by atoms with Crippen molar-refractivity contribution < 1.29 is 14.6 Å².